The standard InChI is InChI=1S/C29H30N8O3/c1-28(2,3)40-27(38)37-11-9-17-12-19(6-7-20(17)15-37)25-35-36-26(39-25)23-24(31)33-14-21(34-23)18-8-10-32-22(13-18)29(4,5)16-30/h6-8,10,12-14H,9,11,15H2,1-5H3,(H2,31,33). The molecule has 0 unspecified atom stereocenters. The van der Waals surface area contributed by atoms with Gasteiger partial charge >= 0.3 is 6.09 Å². The summed E-state index contributed by atoms with van der Waals surface area (Å²) in [6.07, 6.45) is 3.55. The fourth-order valence-corrected chi connectivity index (χ4v) is 4.29. The smallest absolute Gasteiger partial charge is 0.410 e. The zero-order valence-electron chi connectivity index (χ0n) is 23.1. The number of carbonyl (C=O) groups is 1. The number of nitrogen functional groups attached to an aromatic ring is 1. The number of rotatable bonds is 4. The minimum Gasteiger partial charge on any atom is -0.444 e. The van der Waals surface area contributed by atoms with E-state index in [2.05, 4.69) is 31.2 Å². The number of pyridine rings is 1. The number of anilines is 1. The van der Waals surface area contributed by atoms with Gasteiger partial charge in [0.05, 0.1) is 29.1 Å². The molecule has 0 radical (unpaired) electrons. The Balaban J connectivity index is 1.39. The van der Waals surface area contributed by atoms with Crippen LogP contribution < -0.4 is 5.73 Å². The van der Waals surface area contributed by atoms with E-state index >= 15 is 0 Å². The van der Waals surface area contributed by atoms with Gasteiger partial charge in [0.25, 0.3) is 5.89 Å². The summed E-state index contributed by atoms with van der Waals surface area (Å²) in [5.41, 5.74) is 9.88. The second kappa shape index (κ2) is 10.0. The quantitative estimate of drug-likeness (QED) is 0.377. The van der Waals surface area contributed by atoms with Crippen molar-refractivity contribution in [3.63, 3.8) is 0 Å². The number of amides is 1. The maximum atomic E-state index is 12.5. The van der Waals surface area contributed by atoms with E-state index in [0.29, 0.717) is 36.8 Å². The van der Waals surface area contributed by atoms with Crippen molar-refractivity contribution < 1.29 is 13.9 Å². The molecule has 0 saturated heterocycles. The molecule has 4 heterocycles. The Bertz CT molecular complexity index is 1630. The van der Waals surface area contributed by atoms with E-state index in [1.54, 1.807) is 37.2 Å². The number of nitriles is 1. The predicted molar refractivity (Wildman–Crippen MR) is 147 cm³/mol. The van der Waals surface area contributed by atoms with E-state index in [1.807, 2.05) is 45.0 Å². The van der Waals surface area contributed by atoms with Crippen LogP contribution in [0.2, 0.25) is 0 Å². The lowest BCUT2D eigenvalue weighted by atomic mass is 9.90. The van der Waals surface area contributed by atoms with Crippen LogP contribution >= 0.6 is 0 Å². The van der Waals surface area contributed by atoms with E-state index in [0.717, 1.165) is 22.3 Å². The van der Waals surface area contributed by atoms with Gasteiger partial charge in [0.15, 0.2) is 11.5 Å². The lowest BCUT2D eigenvalue weighted by molar-refractivity contribution is 0.0224. The van der Waals surface area contributed by atoms with Crippen molar-refractivity contribution in [1.29, 1.82) is 5.26 Å². The van der Waals surface area contributed by atoms with Gasteiger partial charge in [0.1, 0.15) is 5.60 Å². The first kappa shape index (κ1) is 26.7. The second-order valence-electron chi connectivity index (χ2n) is 11.2. The van der Waals surface area contributed by atoms with Gasteiger partial charge < -0.3 is 19.8 Å². The first-order valence-electron chi connectivity index (χ1n) is 12.9. The van der Waals surface area contributed by atoms with Crippen LogP contribution in [0, 0.1) is 11.3 Å². The lowest BCUT2D eigenvalue weighted by Gasteiger charge is -2.31. The predicted octanol–water partition coefficient (Wildman–Crippen LogP) is 4.93. The van der Waals surface area contributed by atoms with Gasteiger partial charge in [-0.2, -0.15) is 5.26 Å². The van der Waals surface area contributed by atoms with Gasteiger partial charge in [-0.05, 0) is 76.4 Å². The molecule has 2 N–H and O–H groups in total. The first-order chi connectivity index (χ1) is 18.9. The highest BCUT2D eigenvalue weighted by molar-refractivity contribution is 5.70. The van der Waals surface area contributed by atoms with E-state index < -0.39 is 11.0 Å². The SMILES string of the molecule is CC(C)(C)OC(=O)N1CCc2cc(-c3nnc(-c4nc(-c5ccnc(C(C)(C)C#N)c5)cnc4N)o3)ccc2C1. The summed E-state index contributed by atoms with van der Waals surface area (Å²) in [7, 11) is 0. The molecule has 1 amide bonds. The number of aromatic nitrogens is 5. The molecular weight excluding hydrogens is 508 g/mol. The van der Waals surface area contributed by atoms with Crippen molar-refractivity contribution in [3.05, 3.63) is 59.5 Å². The molecule has 4 aromatic rings. The van der Waals surface area contributed by atoms with Crippen LogP contribution in [0.3, 0.4) is 0 Å². The number of fused-ring (bicyclic) bond motifs is 1. The number of carbonyl (C=O) groups excluding carboxylic acids is 1. The third-order valence-electron chi connectivity index (χ3n) is 6.52. The molecule has 11 nitrogen and oxygen atoms in total. The van der Waals surface area contributed by atoms with Crippen LogP contribution in [0.4, 0.5) is 10.6 Å². The normalized spacial score (nSPS) is 13.4. The summed E-state index contributed by atoms with van der Waals surface area (Å²) in [5, 5.41) is 17.9. The van der Waals surface area contributed by atoms with Crippen LogP contribution in [0.5, 0.6) is 0 Å². The molecule has 1 aromatic carbocycles. The molecular formula is C29H30N8O3. The van der Waals surface area contributed by atoms with Crippen molar-refractivity contribution in [3.8, 4) is 40.4 Å². The van der Waals surface area contributed by atoms with Crippen molar-refractivity contribution >= 4 is 11.9 Å². The second-order valence-corrected chi connectivity index (χ2v) is 11.2. The summed E-state index contributed by atoms with van der Waals surface area (Å²) in [5.74, 6) is 0.613. The van der Waals surface area contributed by atoms with Crippen molar-refractivity contribution in [2.45, 2.75) is 58.6 Å². The summed E-state index contributed by atoms with van der Waals surface area (Å²) in [6, 6.07) is 11.7. The van der Waals surface area contributed by atoms with Crippen LogP contribution in [0.25, 0.3) is 34.3 Å². The molecule has 0 fully saturated rings. The van der Waals surface area contributed by atoms with E-state index in [1.165, 1.54) is 0 Å². The Hall–Kier alpha value is -4.85. The maximum Gasteiger partial charge on any atom is 0.410 e. The number of benzene rings is 1. The highest BCUT2D eigenvalue weighted by Gasteiger charge is 2.27. The van der Waals surface area contributed by atoms with Gasteiger partial charge in [-0.1, -0.05) is 6.07 Å². The van der Waals surface area contributed by atoms with E-state index in [-0.39, 0.29) is 23.5 Å². The number of ether oxygens (including phenoxy) is 1. The van der Waals surface area contributed by atoms with Crippen LogP contribution in [-0.2, 0) is 23.1 Å². The molecule has 0 bridgehead atoms. The highest BCUT2D eigenvalue weighted by Crippen LogP contribution is 2.31. The molecule has 3 aromatic heterocycles. The van der Waals surface area contributed by atoms with Crippen molar-refractivity contribution in [2.24, 2.45) is 0 Å². The van der Waals surface area contributed by atoms with Gasteiger partial charge in [-0.15, -0.1) is 10.2 Å². The van der Waals surface area contributed by atoms with Gasteiger partial charge in [-0.3, -0.25) is 4.98 Å². The maximum absolute atomic E-state index is 12.5. The average molecular weight is 539 g/mol. The highest BCUT2D eigenvalue weighted by atomic mass is 16.6. The monoisotopic (exact) mass is 538 g/mol. The molecule has 0 aliphatic carbocycles. The van der Waals surface area contributed by atoms with Gasteiger partial charge in [-0.25, -0.2) is 14.8 Å². The molecule has 1 aliphatic heterocycles. The zero-order valence-corrected chi connectivity index (χ0v) is 23.1. The summed E-state index contributed by atoms with van der Waals surface area (Å²) >= 11 is 0. The van der Waals surface area contributed by atoms with Crippen LogP contribution in [0.15, 0.2) is 47.1 Å². The Morgan fingerprint density at radius 2 is 1.82 bits per heavy atom. The van der Waals surface area contributed by atoms with Crippen LogP contribution in [-0.4, -0.2) is 48.3 Å². The molecule has 0 saturated carbocycles. The van der Waals surface area contributed by atoms with Gasteiger partial charge in [0, 0.05) is 30.4 Å². The Labute approximate surface area is 232 Å². The summed E-state index contributed by atoms with van der Waals surface area (Å²) < 4.78 is 11.5. The summed E-state index contributed by atoms with van der Waals surface area (Å²) in [4.78, 5) is 27.5. The van der Waals surface area contributed by atoms with Crippen molar-refractivity contribution in [2.75, 3.05) is 12.3 Å². The third-order valence-corrected chi connectivity index (χ3v) is 6.52. The fourth-order valence-electron chi connectivity index (χ4n) is 4.29. The molecule has 5 rings (SSSR count). The minimum atomic E-state index is -0.760. The average Bonchev–Trinajstić information content (AvgIpc) is 3.42. The number of nitrogens with zero attached hydrogens (tertiary/aromatic N) is 7. The lowest BCUT2D eigenvalue weighted by Crippen LogP contribution is -2.39. The Morgan fingerprint density at radius 3 is 2.58 bits per heavy atom. The molecule has 40 heavy (non-hydrogen) atoms. The van der Waals surface area contributed by atoms with E-state index in [4.69, 9.17) is 14.9 Å². The first-order valence-corrected chi connectivity index (χ1v) is 12.9. The van der Waals surface area contributed by atoms with Crippen molar-refractivity contribution in [1.82, 2.24) is 30.0 Å². The third kappa shape index (κ3) is 5.47. The zero-order chi connectivity index (χ0) is 28.7. The van der Waals surface area contributed by atoms with Crippen LogP contribution in [0.1, 0.15) is 51.4 Å². The number of hydrogen-bond donors (Lipinski definition) is 1. The Morgan fingerprint density at radius 1 is 1.05 bits per heavy atom. The topological polar surface area (TPSA) is 157 Å². The Kier molecular flexibility index (Phi) is 6.71. The molecule has 0 atom stereocenters. The number of hydrogen-bond acceptors (Lipinski definition) is 10. The molecule has 204 valence electrons. The minimum absolute atomic E-state index is 0.141. The number of nitrogens with two attached hydrogens (primary N) is 1. The largest absolute Gasteiger partial charge is 0.444 e. The van der Waals surface area contributed by atoms with Gasteiger partial charge in [0.2, 0.25) is 5.89 Å². The summed E-state index contributed by atoms with van der Waals surface area (Å²) in [6.45, 7) is 10.2. The molecule has 1 aliphatic rings. The van der Waals surface area contributed by atoms with E-state index in [9.17, 15) is 10.1 Å². The molecule has 0 spiro atoms. The fraction of sp³-hybridized carbons (Fsp3) is 0.345. The molecule has 11 heteroatoms.